The highest BCUT2D eigenvalue weighted by molar-refractivity contribution is 5.81. The Kier molecular flexibility index (Phi) is 4.35. The standard InChI is InChI=1S/C10H20N2O2/c1-8(2)7-9(11)10(13)12-3-5-14-6-4-12/h8-9H,3-7,11H2,1-2H3/t9-/m0/s1. The Balaban J connectivity index is 2.38. The molecule has 0 aromatic carbocycles. The van der Waals surface area contributed by atoms with Crippen molar-refractivity contribution in [3.8, 4) is 0 Å². The average molecular weight is 200 g/mol. The van der Waals surface area contributed by atoms with Gasteiger partial charge in [-0.05, 0) is 12.3 Å². The van der Waals surface area contributed by atoms with Gasteiger partial charge in [0, 0.05) is 13.1 Å². The Morgan fingerprint density at radius 2 is 2.00 bits per heavy atom. The van der Waals surface area contributed by atoms with Crippen molar-refractivity contribution in [1.82, 2.24) is 4.90 Å². The SMILES string of the molecule is CC(C)C[C@H](N)C(=O)N1CCOCC1. The first-order chi connectivity index (χ1) is 6.61. The monoisotopic (exact) mass is 200 g/mol. The zero-order valence-electron chi connectivity index (χ0n) is 9.03. The number of amides is 1. The molecule has 1 aliphatic rings. The molecule has 0 aromatic heterocycles. The van der Waals surface area contributed by atoms with Gasteiger partial charge in [0.05, 0.1) is 19.3 Å². The summed E-state index contributed by atoms with van der Waals surface area (Å²) in [5.41, 5.74) is 5.82. The van der Waals surface area contributed by atoms with Crippen molar-refractivity contribution in [1.29, 1.82) is 0 Å². The summed E-state index contributed by atoms with van der Waals surface area (Å²) in [6.07, 6.45) is 0.760. The number of hydrogen-bond acceptors (Lipinski definition) is 3. The first-order valence-corrected chi connectivity index (χ1v) is 5.23. The van der Waals surface area contributed by atoms with Crippen LogP contribution in [0.4, 0.5) is 0 Å². The van der Waals surface area contributed by atoms with E-state index in [2.05, 4.69) is 13.8 Å². The highest BCUT2D eigenvalue weighted by Crippen LogP contribution is 2.07. The summed E-state index contributed by atoms with van der Waals surface area (Å²) in [4.78, 5) is 13.6. The van der Waals surface area contributed by atoms with Crippen molar-refractivity contribution < 1.29 is 9.53 Å². The summed E-state index contributed by atoms with van der Waals surface area (Å²) < 4.78 is 5.18. The lowest BCUT2D eigenvalue weighted by atomic mass is 10.0. The first kappa shape index (κ1) is 11.5. The molecule has 1 aliphatic heterocycles. The van der Waals surface area contributed by atoms with Crippen LogP contribution < -0.4 is 5.73 Å². The molecule has 0 aromatic rings. The molecule has 0 radical (unpaired) electrons. The van der Waals surface area contributed by atoms with Crippen LogP contribution in [0.5, 0.6) is 0 Å². The smallest absolute Gasteiger partial charge is 0.239 e. The fourth-order valence-corrected chi connectivity index (χ4v) is 1.63. The van der Waals surface area contributed by atoms with Gasteiger partial charge in [-0.25, -0.2) is 0 Å². The van der Waals surface area contributed by atoms with Crippen molar-refractivity contribution >= 4 is 5.91 Å². The van der Waals surface area contributed by atoms with Crippen molar-refractivity contribution in [2.24, 2.45) is 11.7 Å². The molecule has 1 rings (SSSR count). The number of nitrogens with zero attached hydrogens (tertiary/aromatic N) is 1. The number of carbonyl (C=O) groups is 1. The summed E-state index contributed by atoms with van der Waals surface area (Å²) in [7, 11) is 0. The number of morpholine rings is 1. The van der Waals surface area contributed by atoms with Crippen molar-refractivity contribution in [3.05, 3.63) is 0 Å². The Morgan fingerprint density at radius 3 is 2.50 bits per heavy atom. The Labute approximate surface area is 85.4 Å². The summed E-state index contributed by atoms with van der Waals surface area (Å²) in [6.45, 7) is 6.80. The van der Waals surface area contributed by atoms with E-state index in [0.29, 0.717) is 32.2 Å². The van der Waals surface area contributed by atoms with Crippen LogP contribution in [0.1, 0.15) is 20.3 Å². The Hall–Kier alpha value is -0.610. The number of hydrogen-bond donors (Lipinski definition) is 1. The second-order valence-electron chi connectivity index (χ2n) is 4.17. The second-order valence-corrected chi connectivity index (χ2v) is 4.17. The van der Waals surface area contributed by atoms with Crippen molar-refractivity contribution in [2.45, 2.75) is 26.3 Å². The van der Waals surface area contributed by atoms with Gasteiger partial charge in [0.25, 0.3) is 0 Å². The fraction of sp³-hybridized carbons (Fsp3) is 0.900. The summed E-state index contributed by atoms with van der Waals surface area (Å²) >= 11 is 0. The van der Waals surface area contributed by atoms with E-state index in [0.717, 1.165) is 6.42 Å². The molecule has 0 saturated carbocycles. The minimum atomic E-state index is -0.340. The molecular weight excluding hydrogens is 180 g/mol. The van der Waals surface area contributed by atoms with Gasteiger partial charge in [-0.1, -0.05) is 13.8 Å². The normalized spacial score (nSPS) is 19.9. The summed E-state index contributed by atoms with van der Waals surface area (Å²) in [6, 6.07) is -0.340. The van der Waals surface area contributed by atoms with Gasteiger partial charge < -0.3 is 15.4 Å². The van der Waals surface area contributed by atoms with Gasteiger partial charge in [-0.2, -0.15) is 0 Å². The highest BCUT2D eigenvalue weighted by atomic mass is 16.5. The van der Waals surface area contributed by atoms with Gasteiger partial charge in [-0.3, -0.25) is 4.79 Å². The molecule has 1 fully saturated rings. The lowest BCUT2D eigenvalue weighted by Crippen LogP contribution is -2.48. The number of carbonyl (C=O) groups excluding carboxylic acids is 1. The predicted molar refractivity (Wildman–Crippen MR) is 54.8 cm³/mol. The lowest BCUT2D eigenvalue weighted by molar-refractivity contribution is -0.137. The van der Waals surface area contributed by atoms with Gasteiger partial charge in [0.1, 0.15) is 0 Å². The fourth-order valence-electron chi connectivity index (χ4n) is 1.63. The molecule has 2 N–H and O–H groups in total. The molecule has 0 unspecified atom stereocenters. The zero-order chi connectivity index (χ0) is 10.6. The molecule has 1 saturated heterocycles. The zero-order valence-corrected chi connectivity index (χ0v) is 9.03. The lowest BCUT2D eigenvalue weighted by Gasteiger charge is -2.29. The van der Waals surface area contributed by atoms with Crippen LogP contribution in [-0.2, 0) is 9.53 Å². The minimum absolute atomic E-state index is 0.0713. The molecule has 0 spiro atoms. The summed E-state index contributed by atoms with van der Waals surface area (Å²) in [5, 5.41) is 0. The maximum Gasteiger partial charge on any atom is 0.239 e. The van der Waals surface area contributed by atoms with Crippen LogP contribution in [0, 0.1) is 5.92 Å². The molecular formula is C10H20N2O2. The largest absolute Gasteiger partial charge is 0.378 e. The van der Waals surface area contributed by atoms with Crippen LogP contribution >= 0.6 is 0 Å². The van der Waals surface area contributed by atoms with Crippen LogP contribution in [-0.4, -0.2) is 43.2 Å². The van der Waals surface area contributed by atoms with Gasteiger partial charge in [0.2, 0.25) is 5.91 Å². The van der Waals surface area contributed by atoms with E-state index < -0.39 is 0 Å². The molecule has 4 heteroatoms. The number of nitrogens with two attached hydrogens (primary N) is 1. The molecule has 0 aliphatic carbocycles. The number of ether oxygens (including phenoxy) is 1. The van der Waals surface area contributed by atoms with E-state index in [1.807, 2.05) is 0 Å². The van der Waals surface area contributed by atoms with E-state index >= 15 is 0 Å². The van der Waals surface area contributed by atoms with E-state index in [1.165, 1.54) is 0 Å². The molecule has 1 heterocycles. The molecule has 0 bridgehead atoms. The third-order valence-corrected chi connectivity index (χ3v) is 2.37. The van der Waals surface area contributed by atoms with Crippen LogP contribution in [0.3, 0.4) is 0 Å². The molecule has 14 heavy (non-hydrogen) atoms. The maximum atomic E-state index is 11.8. The van der Waals surface area contributed by atoms with E-state index in [4.69, 9.17) is 10.5 Å². The van der Waals surface area contributed by atoms with Crippen LogP contribution in [0.15, 0.2) is 0 Å². The van der Waals surface area contributed by atoms with Crippen molar-refractivity contribution in [3.63, 3.8) is 0 Å². The van der Waals surface area contributed by atoms with E-state index in [-0.39, 0.29) is 11.9 Å². The Morgan fingerprint density at radius 1 is 1.43 bits per heavy atom. The van der Waals surface area contributed by atoms with E-state index in [9.17, 15) is 4.79 Å². The predicted octanol–water partition coefficient (Wildman–Crippen LogP) is 0.219. The van der Waals surface area contributed by atoms with Gasteiger partial charge in [-0.15, -0.1) is 0 Å². The Bertz CT molecular complexity index is 189. The van der Waals surface area contributed by atoms with E-state index in [1.54, 1.807) is 4.90 Å². The van der Waals surface area contributed by atoms with Gasteiger partial charge >= 0.3 is 0 Å². The third kappa shape index (κ3) is 3.27. The van der Waals surface area contributed by atoms with Crippen LogP contribution in [0.25, 0.3) is 0 Å². The first-order valence-electron chi connectivity index (χ1n) is 5.23. The molecule has 1 amide bonds. The van der Waals surface area contributed by atoms with Gasteiger partial charge in [0.15, 0.2) is 0 Å². The third-order valence-electron chi connectivity index (χ3n) is 2.37. The number of rotatable bonds is 3. The average Bonchev–Trinajstić information content (AvgIpc) is 2.17. The molecule has 4 nitrogen and oxygen atoms in total. The molecule has 1 atom stereocenters. The topological polar surface area (TPSA) is 55.6 Å². The quantitative estimate of drug-likeness (QED) is 0.709. The molecule has 82 valence electrons. The van der Waals surface area contributed by atoms with Crippen molar-refractivity contribution in [2.75, 3.05) is 26.3 Å². The maximum absolute atomic E-state index is 11.8. The summed E-state index contributed by atoms with van der Waals surface area (Å²) in [5.74, 6) is 0.539. The van der Waals surface area contributed by atoms with Crippen LogP contribution in [0.2, 0.25) is 0 Å². The highest BCUT2D eigenvalue weighted by Gasteiger charge is 2.23. The minimum Gasteiger partial charge on any atom is -0.378 e. The second kappa shape index (κ2) is 5.32.